The fourth-order valence-electron chi connectivity index (χ4n) is 1.88. The van der Waals surface area contributed by atoms with Crippen LogP contribution in [0.5, 0.6) is 0 Å². The second kappa shape index (κ2) is 6.52. The molecule has 0 aliphatic heterocycles. The number of benzene rings is 1. The van der Waals surface area contributed by atoms with E-state index in [9.17, 15) is 0 Å². The Balaban J connectivity index is 2.05. The van der Waals surface area contributed by atoms with Crippen LogP contribution in [0.15, 0.2) is 56.5 Å². The zero-order valence-corrected chi connectivity index (χ0v) is 13.9. The highest BCUT2D eigenvalue weighted by molar-refractivity contribution is 7.07. The molecule has 0 aliphatic carbocycles. The first-order valence-corrected chi connectivity index (χ1v) is 7.99. The number of aromatic nitrogens is 1. The van der Waals surface area contributed by atoms with Crippen LogP contribution in [0, 0.1) is 0 Å². The molecule has 4 nitrogen and oxygen atoms in total. The Kier molecular flexibility index (Phi) is 4.47. The number of nitrogens with zero attached hydrogens (tertiary/aromatic N) is 3. The topological polar surface area (TPSA) is 42.8 Å². The molecule has 112 valence electrons. The lowest BCUT2D eigenvalue weighted by molar-refractivity contribution is 0.575. The van der Waals surface area contributed by atoms with Crippen LogP contribution in [-0.2, 0) is 0 Å². The van der Waals surface area contributed by atoms with Gasteiger partial charge in [-0.25, -0.2) is 4.68 Å². The Bertz CT molecular complexity index is 879. The van der Waals surface area contributed by atoms with Crippen LogP contribution >= 0.6 is 34.5 Å². The van der Waals surface area contributed by atoms with E-state index in [4.69, 9.17) is 27.6 Å². The minimum Gasteiger partial charge on any atom is -0.463 e. The van der Waals surface area contributed by atoms with Gasteiger partial charge in [0.1, 0.15) is 5.69 Å². The van der Waals surface area contributed by atoms with Gasteiger partial charge in [-0.2, -0.15) is 5.10 Å². The molecule has 0 radical (unpaired) electrons. The number of hydrogen-bond donors (Lipinski definition) is 0. The molecule has 0 atom stereocenters. The lowest BCUT2D eigenvalue weighted by atomic mass is 10.2. The highest BCUT2D eigenvalue weighted by Crippen LogP contribution is 2.22. The molecule has 2 heterocycles. The lowest BCUT2D eigenvalue weighted by Gasteiger charge is -2.01. The normalized spacial score (nSPS) is 12.4. The number of rotatable bonds is 3. The third-order valence-corrected chi connectivity index (χ3v) is 4.39. The van der Waals surface area contributed by atoms with Crippen molar-refractivity contribution in [3.63, 3.8) is 0 Å². The minimum absolute atomic E-state index is 0.543. The summed E-state index contributed by atoms with van der Waals surface area (Å²) in [4.78, 5) is 4.98. The molecule has 0 spiro atoms. The van der Waals surface area contributed by atoms with Gasteiger partial charge in [-0.15, -0.1) is 11.3 Å². The summed E-state index contributed by atoms with van der Waals surface area (Å²) in [6.07, 6.45) is 3.30. The van der Waals surface area contributed by atoms with Gasteiger partial charge in [0.2, 0.25) is 4.80 Å². The van der Waals surface area contributed by atoms with Gasteiger partial charge in [0, 0.05) is 23.0 Å². The van der Waals surface area contributed by atoms with Gasteiger partial charge in [-0.1, -0.05) is 29.3 Å². The highest BCUT2D eigenvalue weighted by atomic mass is 35.5. The van der Waals surface area contributed by atoms with Gasteiger partial charge in [-0.05, 0) is 24.3 Å². The molecule has 1 aromatic carbocycles. The maximum absolute atomic E-state index is 6.16. The van der Waals surface area contributed by atoms with E-state index in [1.807, 2.05) is 23.6 Å². The van der Waals surface area contributed by atoms with E-state index in [2.05, 4.69) is 10.1 Å². The summed E-state index contributed by atoms with van der Waals surface area (Å²) in [6.45, 7) is 0. The minimum atomic E-state index is 0.543. The summed E-state index contributed by atoms with van der Waals surface area (Å²) in [6, 6.07) is 8.98. The number of hydrogen-bond acceptors (Lipinski definition) is 4. The maximum atomic E-state index is 6.16. The number of halogens is 2. The number of thiazole rings is 1. The largest absolute Gasteiger partial charge is 0.463 e. The second-order valence-electron chi connectivity index (χ2n) is 4.33. The van der Waals surface area contributed by atoms with E-state index in [1.165, 1.54) is 11.3 Å². The molecule has 0 fully saturated rings. The van der Waals surface area contributed by atoms with Gasteiger partial charge in [-0.3, -0.25) is 4.99 Å². The Morgan fingerprint density at radius 3 is 2.82 bits per heavy atom. The smallest absolute Gasteiger partial charge is 0.206 e. The predicted molar refractivity (Wildman–Crippen MR) is 91.0 cm³/mol. The lowest BCUT2D eigenvalue weighted by Crippen LogP contribution is -2.11. The summed E-state index contributed by atoms with van der Waals surface area (Å²) in [7, 11) is 1.72. The van der Waals surface area contributed by atoms with Crippen molar-refractivity contribution in [3.8, 4) is 11.5 Å². The average Bonchev–Trinajstić information content (AvgIpc) is 3.15. The van der Waals surface area contributed by atoms with Crippen molar-refractivity contribution in [2.45, 2.75) is 0 Å². The predicted octanol–water partition coefficient (Wildman–Crippen LogP) is 4.53. The van der Waals surface area contributed by atoms with Crippen molar-refractivity contribution in [3.05, 3.63) is 62.4 Å². The first kappa shape index (κ1) is 15.1. The van der Waals surface area contributed by atoms with Gasteiger partial charge >= 0.3 is 0 Å². The van der Waals surface area contributed by atoms with Crippen molar-refractivity contribution in [1.29, 1.82) is 0 Å². The van der Waals surface area contributed by atoms with Crippen molar-refractivity contribution in [2.24, 2.45) is 10.1 Å². The summed E-state index contributed by atoms with van der Waals surface area (Å²) in [5.74, 6) is 0.727. The summed E-state index contributed by atoms with van der Waals surface area (Å²) < 4.78 is 7.15. The molecule has 0 saturated heterocycles. The Morgan fingerprint density at radius 2 is 2.14 bits per heavy atom. The Hall–Kier alpha value is -1.82. The van der Waals surface area contributed by atoms with Crippen molar-refractivity contribution >= 4 is 40.8 Å². The first-order valence-electron chi connectivity index (χ1n) is 6.35. The summed E-state index contributed by atoms with van der Waals surface area (Å²) in [5.41, 5.74) is 1.61. The van der Waals surface area contributed by atoms with Crippen LogP contribution < -0.4 is 4.80 Å². The molecule has 3 rings (SSSR count). The molecule has 0 N–H and O–H groups in total. The molecular formula is C15H11Cl2N3OS. The summed E-state index contributed by atoms with van der Waals surface area (Å²) in [5, 5.41) is 7.55. The molecule has 2 aromatic heterocycles. The van der Waals surface area contributed by atoms with Crippen LogP contribution in [0.3, 0.4) is 0 Å². The van der Waals surface area contributed by atoms with Gasteiger partial charge in [0.25, 0.3) is 0 Å². The molecule has 0 saturated carbocycles. The van der Waals surface area contributed by atoms with Crippen molar-refractivity contribution in [2.75, 3.05) is 7.05 Å². The number of furan rings is 1. The molecule has 0 unspecified atom stereocenters. The van der Waals surface area contributed by atoms with Gasteiger partial charge < -0.3 is 4.42 Å². The third kappa shape index (κ3) is 3.02. The Labute approximate surface area is 141 Å². The first-order chi connectivity index (χ1) is 10.7. The van der Waals surface area contributed by atoms with Crippen LogP contribution in [0.25, 0.3) is 11.5 Å². The highest BCUT2D eigenvalue weighted by Gasteiger charge is 2.09. The van der Waals surface area contributed by atoms with Crippen molar-refractivity contribution < 1.29 is 4.42 Å². The monoisotopic (exact) mass is 351 g/mol. The standard InChI is InChI=1S/C15H11Cl2N3OS/c1-18-15-20(13(9-22-15)14-3-2-6-21-14)19-8-10-4-5-11(16)7-12(10)17/h2-9H,1H3. The molecule has 22 heavy (non-hydrogen) atoms. The van der Waals surface area contributed by atoms with Gasteiger partial charge in [0.15, 0.2) is 5.76 Å². The molecule has 7 heteroatoms. The van der Waals surface area contributed by atoms with E-state index in [0.29, 0.717) is 10.0 Å². The van der Waals surface area contributed by atoms with Gasteiger partial charge in [0.05, 0.1) is 17.5 Å². The van der Waals surface area contributed by atoms with E-state index in [0.717, 1.165) is 21.8 Å². The maximum Gasteiger partial charge on any atom is 0.206 e. The molecule has 0 aliphatic rings. The fraction of sp³-hybridized carbons (Fsp3) is 0.0667. The molecule has 0 bridgehead atoms. The van der Waals surface area contributed by atoms with Crippen LogP contribution in [-0.4, -0.2) is 17.9 Å². The van der Waals surface area contributed by atoms with Crippen LogP contribution in [0.1, 0.15) is 5.56 Å². The van der Waals surface area contributed by atoms with E-state index >= 15 is 0 Å². The zero-order valence-electron chi connectivity index (χ0n) is 11.5. The third-order valence-electron chi connectivity index (χ3n) is 2.93. The van der Waals surface area contributed by atoms with Crippen molar-refractivity contribution in [1.82, 2.24) is 4.68 Å². The molecule has 0 amide bonds. The summed E-state index contributed by atoms with van der Waals surface area (Å²) >= 11 is 13.5. The molecule has 3 aromatic rings. The quantitative estimate of drug-likeness (QED) is 0.639. The average molecular weight is 352 g/mol. The van der Waals surface area contributed by atoms with Crippen LogP contribution in [0.2, 0.25) is 10.0 Å². The van der Waals surface area contributed by atoms with E-state index in [1.54, 1.807) is 36.3 Å². The second-order valence-corrected chi connectivity index (χ2v) is 6.01. The Morgan fingerprint density at radius 1 is 1.27 bits per heavy atom. The van der Waals surface area contributed by atoms with E-state index in [-0.39, 0.29) is 0 Å². The zero-order chi connectivity index (χ0) is 15.5. The fourth-order valence-corrected chi connectivity index (χ4v) is 3.12. The molecular weight excluding hydrogens is 341 g/mol. The SMILES string of the molecule is CN=c1scc(-c2ccco2)n1N=Cc1ccc(Cl)cc1Cl. The van der Waals surface area contributed by atoms with Crippen LogP contribution in [0.4, 0.5) is 0 Å². The van der Waals surface area contributed by atoms with E-state index < -0.39 is 0 Å².